The van der Waals surface area contributed by atoms with Gasteiger partial charge < -0.3 is 15.1 Å². The summed E-state index contributed by atoms with van der Waals surface area (Å²) >= 11 is 1.41. The molecule has 1 aromatic carbocycles. The highest BCUT2D eigenvalue weighted by Crippen LogP contribution is 2.21. The smallest absolute Gasteiger partial charge is 0.287 e. The molecule has 2 aromatic heterocycles. The van der Waals surface area contributed by atoms with E-state index in [-0.39, 0.29) is 11.7 Å². The van der Waals surface area contributed by atoms with Gasteiger partial charge in [-0.1, -0.05) is 37.3 Å². The molecular formula is C24H28N4O3S. The first-order valence-electron chi connectivity index (χ1n) is 10.9. The van der Waals surface area contributed by atoms with E-state index in [1.807, 2.05) is 35.7 Å². The standard InChI is InChI=1S/C24H28N4O3S/c1-17-9-11-28(12-10-17)15-19-16-32-24(25-19)27-22(29)20(14-18-6-3-2-4-7-18)26-23(30)21-8-5-13-31-21/h2-8,13,16-17,20H,9-12,14-15H2,1H3,(H,26,30)(H,25,27,29). The minimum atomic E-state index is -0.758. The predicted octanol–water partition coefficient (Wildman–Crippen LogP) is 3.95. The van der Waals surface area contributed by atoms with Gasteiger partial charge in [0, 0.05) is 18.3 Å². The van der Waals surface area contributed by atoms with E-state index < -0.39 is 11.9 Å². The van der Waals surface area contributed by atoms with Gasteiger partial charge in [-0.2, -0.15) is 0 Å². The number of nitrogens with zero attached hydrogens (tertiary/aromatic N) is 2. The van der Waals surface area contributed by atoms with E-state index in [2.05, 4.69) is 27.4 Å². The minimum absolute atomic E-state index is 0.170. The van der Waals surface area contributed by atoms with Gasteiger partial charge in [-0.3, -0.25) is 14.5 Å². The molecule has 2 N–H and O–H groups in total. The van der Waals surface area contributed by atoms with Crippen molar-refractivity contribution in [3.05, 3.63) is 71.1 Å². The van der Waals surface area contributed by atoms with Crippen LogP contribution in [0.25, 0.3) is 0 Å². The molecule has 168 valence electrons. The van der Waals surface area contributed by atoms with Crippen LogP contribution in [0.1, 0.15) is 41.6 Å². The molecule has 3 heterocycles. The van der Waals surface area contributed by atoms with Crippen LogP contribution in [0.2, 0.25) is 0 Å². The lowest BCUT2D eigenvalue weighted by Gasteiger charge is -2.29. The second-order valence-electron chi connectivity index (χ2n) is 8.28. The zero-order chi connectivity index (χ0) is 22.3. The molecule has 0 aliphatic carbocycles. The number of hydrogen-bond donors (Lipinski definition) is 2. The zero-order valence-corrected chi connectivity index (χ0v) is 18.9. The summed E-state index contributed by atoms with van der Waals surface area (Å²) in [6.45, 7) is 5.25. The van der Waals surface area contributed by atoms with Crippen molar-refractivity contribution in [2.75, 3.05) is 18.4 Å². The molecule has 0 bridgehead atoms. The fourth-order valence-corrected chi connectivity index (χ4v) is 4.48. The summed E-state index contributed by atoms with van der Waals surface area (Å²) in [5.74, 6) is 0.226. The van der Waals surface area contributed by atoms with Gasteiger partial charge in [-0.25, -0.2) is 4.98 Å². The Morgan fingerprint density at radius 3 is 2.69 bits per heavy atom. The van der Waals surface area contributed by atoms with Crippen LogP contribution in [0, 0.1) is 5.92 Å². The van der Waals surface area contributed by atoms with E-state index in [1.165, 1.54) is 30.4 Å². The largest absolute Gasteiger partial charge is 0.459 e. The third-order valence-electron chi connectivity index (χ3n) is 5.69. The maximum absolute atomic E-state index is 13.1. The molecular weight excluding hydrogens is 424 g/mol. The molecule has 1 aliphatic heterocycles. The fourth-order valence-electron chi connectivity index (χ4n) is 3.77. The monoisotopic (exact) mass is 452 g/mol. The van der Waals surface area contributed by atoms with Gasteiger partial charge in [0.05, 0.1) is 12.0 Å². The molecule has 1 atom stereocenters. The minimum Gasteiger partial charge on any atom is -0.459 e. The molecule has 8 heteroatoms. The van der Waals surface area contributed by atoms with Crippen LogP contribution in [0.5, 0.6) is 0 Å². The van der Waals surface area contributed by atoms with Crippen molar-refractivity contribution < 1.29 is 14.0 Å². The highest BCUT2D eigenvalue weighted by atomic mass is 32.1. The van der Waals surface area contributed by atoms with Crippen molar-refractivity contribution in [1.82, 2.24) is 15.2 Å². The van der Waals surface area contributed by atoms with Gasteiger partial charge in [0.2, 0.25) is 5.91 Å². The van der Waals surface area contributed by atoms with Gasteiger partial charge in [0.15, 0.2) is 10.9 Å². The molecule has 2 amide bonds. The molecule has 7 nitrogen and oxygen atoms in total. The fraction of sp³-hybridized carbons (Fsp3) is 0.375. The third kappa shape index (κ3) is 6.05. The summed E-state index contributed by atoms with van der Waals surface area (Å²) in [7, 11) is 0. The Morgan fingerprint density at radius 1 is 1.19 bits per heavy atom. The molecule has 4 rings (SSSR count). The quantitative estimate of drug-likeness (QED) is 0.540. The number of likely N-dealkylation sites (tertiary alicyclic amines) is 1. The SMILES string of the molecule is CC1CCN(Cc2csc(NC(=O)C(Cc3ccccc3)NC(=O)c3ccco3)n2)CC1. The Hall–Kier alpha value is -2.97. The van der Waals surface area contributed by atoms with E-state index in [9.17, 15) is 9.59 Å². The predicted molar refractivity (Wildman–Crippen MR) is 125 cm³/mol. The highest BCUT2D eigenvalue weighted by Gasteiger charge is 2.24. The Bertz CT molecular complexity index is 1010. The molecule has 0 saturated carbocycles. The molecule has 1 fully saturated rings. The molecule has 0 radical (unpaired) electrons. The highest BCUT2D eigenvalue weighted by molar-refractivity contribution is 7.13. The van der Waals surface area contributed by atoms with Gasteiger partial charge in [0.1, 0.15) is 6.04 Å². The lowest BCUT2D eigenvalue weighted by atomic mass is 9.99. The number of amides is 2. The number of nitrogens with one attached hydrogen (secondary N) is 2. The molecule has 1 unspecified atom stereocenters. The van der Waals surface area contributed by atoms with Gasteiger partial charge in [0.25, 0.3) is 5.91 Å². The lowest BCUT2D eigenvalue weighted by Crippen LogP contribution is -2.45. The van der Waals surface area contributed by atoms with Crippen LogP contribution in [0.4, 0.5) is 5.13 Å². The first-order chi connectivity index (χ1) is 15.6. The van der Waals surface area contributed by atoms with Crippen molar-refractivity contribution >= 4 is 28.3 Å². The number of benzene rings is 1. The summed E-state index contributed by atoms with van der Waals surface area (Å²) in [6, 6.07) is 12.1. The molecule has 0 spiro atoms. The van der Waals surface area contributed by atoms with E-state index in [1.54, 1.807) is 12.1 Å². The Balaban J connectivity index is 1.40. The van der Waals surface area contributed by atoms with E-state index in [0.717, 1.165) is 36.8 Å². The summed E-state index contributed by atoms with van der Waals surface area (Å²) in [4.78, 5) is 32.6. The Labute approximate surface area is 191 Å². The summed E-state index contributed by atoms with van der Waals surface area (Å²) in [5, 5.41) is 8.20. The third-order valence-corrected chi connectivity index (χ3v) is 6.50. The van der Waals surface area contributed by atoms with Crippen molar-refractivity contribution in [3.8, 4) is 0 Å². The van der Waals surface area contributed by atoms with Crippen LogP contribution in [-0.4, -0.2) is 40.8 Å². The first-order valence-corrected chi connectivity index (χ1v) is 11.8. The van der Waals surface area contributed by atoms with E-state index in [0.29, 0.717) is 11.6 Å². The van der Waals surface area contributed by atoms with Crippen LogP contribution in [0.15, 0.2) is 58.5 Å². The summed E-state index contributed by atoms with van der Waals surface area (Å²) in [6.07, 6.45) is 4.22. The van der Waals surface area contributed by atoms with Crippen molar-refractivity contribution in [3.63, 3.8) is 0 Å². The average molecular weight is 453 g/mol. The van der Waals surface area contributed by atoms with E-state index >= 15 is 0 Å². The summed E-state index contributed by atoms with van der Waals surface area (Å²) in [5.41, 5.74) is 1.91. The Morgan fingerprint density at radius 2 is 1.97 bits per heavy atom. The number of hydrogen-bond acceptors (Lipinski definition) is 6. The second-order valence-corrected chi connectivity index (χ2v) is 9.14. The summed E-state index contributed by atoms with van der Waals surface area (Å²) < 4.78 is 5.17. The van der Waals surface area contributed by atoms with Crippen molar-refractivity contribution in [1.29, 1.82) is 0 Å². The second kappa shape index (κ2) is 10.6. The van der Waals surface area contributed by atoms with Crippen LogP contribution in [-0.2, 0) is 17.8 Å². The normalized spacial score (nSPS) is 15.9. The number of rotatable bonds is 8. The van der Waals surface area contributed by atoms with Crippen molar-refractivity contribution in [2.45, 2.75) is 38.8 Å². The van der Waals surface area contributed by atoms with Crippen LogP contribution >= 0.6 is 11.3 Å². The number of carbonyl (C=O) groups is 2. The zero-order valence-electron chi connectivity index (χ0n) is 18.1. The van der Waals surface area contributed by atoms with Gasteiger partial charge >= 0.3 is 0 Å². The number of furan rings is 1. The molecule has 3 aromatic rings. The topological polar surface area (TPSA) is 87.5 Å². The maximum atomic E-state index is 13.1. The first kappa shape index (κ1) is 22.2. The molecule has 1 aliphatic rings. The van der Waals surface area contributed by atoms with Gasteiger partial charge in [-0.15, -0.1) is 11.3 Å². The van der Waals surface area contributed by atoms with Crippen LogP contribution in [0.3, 0.4) is 0 Å². The molecule has 1 saturated heterocycles. The number of aromatic nitrogens is 1. The number of piperidine rings is 1. The molecule has 32 heavy (non-hydrogen) atoms. The van der Waals surface area contributed by atoms with E-state index in [4.69, 9.17) is 4.42 Å². The lowest BCUT2D eigenvalue weighted by molar-refractivity contribution is -0.118. The number of carbonyl (C=O) groups excluding carboxylic acids is 2. The maximum Gasteiger partial charge on any atom is 0.287 e. The number of thiazole rings is 1. The van der Waals surface area contributed by atoms with Gasteiger partial charge in [-0.05, 0) is 49.5 Å². The number of anilines is 1. The van der Waals surface area contributed by atoms with Crippen LogP contribution < -0.4 is 10.6 Å². The Kier molecular flexibility index (Phi) is 7.34. The average Bonchev–Trinajstić information content (AvgIpc) is 3.48. The van der Waals surface area contributed by atoms with Crippen molar-refractivity contribution in [2.24, 2.45) is 5.92 Å².